The van der Waals surface area contributed by atoms with Crippen LogP contribution in [-0.4, -0.2) is 10.9 Å². The zero-order valence-electron chi connectivity index (χ0n) is 12.0. The van der Waals surface area contributed by atoms with Gasteiger partial charge >= 0.3 is 0 Å². The number of nitrogens with one attached hydrogen (secondary N) is 1. The van der Waals surface area contributed by atoms with Crippen molar-refractivity contribution in [1.29, 1.82) is 5.26 Å². The van der Waals surface area contributed by atoms with Gasteiger partial charge < -0.3 is 5.32 Å². The van der Waals surface area contributed by atoms with Crippen molar-refractivity contribution in [1.82, 2.24) is 10.3 Å². The lowest BCUT2D eigenvalue weighted by molar-refractivity contribution is -0.129. The number of nitriles is 1. The lowest BCUT2D eigenvalue weighted by Gasteiger charge is -2.23. The highest BCUT2D eigenvalue weighted by molar-refractivity contribution is 5.85. The summed E-state index contributed by atoms with van der Waals surface area (Å²) >= 11 is 0. The number of aromatic nitrogens is 1. The smallest absolute Gasteiger partial charge is 0.240 e. The number of aryl methyl sites for hydroxylation is 1. The first-order chi connectivity index (χ1) is 9.68. The summed E-state index contributed by atoms with van der Waals surface area (Å²) in [6, 6.07) is 6.13. The van der Waals surface area contributed by atoms with Crippen molar-refractivity contribution in [3.63, 3.8) is 0 Å². The summed E-state index contributed by atoms with van der Waals surface area (Å²) in [6.45, 7) is 2.37. The Kier molecular flexibility index (Phi) is 4.73. The number of amides is 1. The van der Waals surface area contributed by atoms with Gasteiger partial charge in [-0.3, -0.25) is 9.78 Å². The Morgan fingerprint density at radius 3 is 2.70 bits per heavy atom. The third-order valence-electron chi connectivity index (χ3n) is 4.14. The molecule has 1 aliphatic carbocycles. The van der Waals surface area contributed by atoms with Crippen LogP contribution in [0.15, 0.2) is 18.3 Å². The van der Waals surface area contributed by atoms with E-state index in [2.05, 4.69) is 16.4 Å². The molecule has 20 heavy (non-hydrogen) atoms. The van der Waals surface area contributed by atoms with E-state index in [0.717, 1.165) is 36.9 Å². The van der Waals surface area contributed by atoms with Crippen molar-refractivity contribution in [2.75, 3.05) is 0 Å². The second kappa shape index (κ2) is 6.51. The molecule has 0 spiro atoms. The molecule has 0 unspecified atom stereocenters. The Hall–Kier alpha value is -1.89. The van der Waals surface area contributed by atoms with Crippen molar-refractivity contribution in [2.24, 2.45) is 5.41 Å². The third-order valence-corrected chi connectivity index (χ3v) is 4.14. The van der Waals surface area contributed by atoms with Gasteiger partial charge in [0, 0.05) is 6.20 Å². The molecule has 0 bridgehead atoms. The number of carbonyl (C=O) groups excluding carboxylic acids is 1. The minimum atomic E-state index is -0.834. The fourth-order valence-electron chi connectivity index (χ4n) is 2.76. The average molecular weight is 271 g/mol. The van der Waals surface area contributed by atoms with Crippen LogP contribution in [0.5, 0.6) is 0 Å². The van der Waals surface area contributed by atoms with Crippen LogP contribution in [0.2, 0.25) is 0 Å². The van der Waals surface area contributed by atoms with E-state index in [-0.39, 0.29) is 5.91 Å². The molecule has 0 atom stereocenters. The molecule has 106 valence electrons. The Morgan fingerprint density at radius 2 is 2.10 bits per heavy atom. The Bertz CT molecular complexity index is 511. The molecule has 4 heteroatoms. The molecule has 0 aliphatic heterocycles. The Labute approximate surface area is 120 Å². The lowest BCUT2D eigenvalue weighted by Crippen LogP contribution is -2.39. The highest BCUT2D eigenvalue weighted by atomic mass is 16.2. The summed E-state index contributed by atoms with van der Waals surface area (Å²) in [5, 5.41) is 12.4. The summed E-state index contributed by atoms with van der Waals surface area (Å²) in [7, 11) is 0. The molecule has 0 radical (unpaired) electrons. The molecule has 1 heterocycles. The summed E-state index contributed by atoms with van der Waals surface area (Å²) in [5.41, 5.74) is 1.08. The molecular weight excluding hydrogens is 250 g/mol. The van der Waals surface area contributed by atoms with E-state index in [1.54, 1.807) is 6.20 Å². The SMILES string of the molecule is Cc1cccnc1CNC(=O)C1(C#N)CCCCCC1. The summed E-state index contributed by atoms with van der Waals surface area (Å²) in [4.78, 5) is 16.7. The second-order valence-electron chi connectivity index (χ2n) is 5.56. The van der Waals surface area contributed by atoms with E-state index in [0.29, 0.717) is 19.4 Å². The summed E-state index contributed by atoms with van der Waals surface area (Å²) in [5.74, 6) is -0.132. The van der Waals surface area contributed by atoms with Gasteiger partial charge in [-0.05, 0) is 31.4 Å². The first kappa shape index (κ1) is 14.5. The predicted molar refractivity (Wildman–Crippen MR) is 76.6 cm³/mol. The molecule has 1 aliphatic rings. The molecule has 0 aromatic carbocycles. The van der Waals surface area contributed by atoms with E-state index in [9.17, 15) is 10.1 Å². The number of rotatable bonds is 3. The maximum Gasteiger partial charge on any atom is 0.240 e. The molecule has 1 fully saturated rings. The maximum absolute atomic E-state index is 12.4. The van der Waals surface area contributed by atoms with Crippen LogP contribution in [-0.2, 0) is 11.3 Å². The first-order valence-electron chi connectivity index (χ1n) is 7.28. The highest BCUT2D eigenvalue weighted by Crippen LogP contribution is 2.34. The molecule has 1 amide bonds. The molecule has 4 nitrogen and oxygen atoms in total. The van der Waals surface area contributed by atoms with Gasteiger partial charge in [0.2, 0.25) is 5.91 Å². The van der Waals surface area contributed by atoms with E-state index < -0.39 is 5.41 Å². The Balaban J connectivity index is 2.03. The van der Waals surface area contributed by atoms with Crippen molar-refractivity contribution < 1.29 is 4.79 Å². The van der Waals surface area contributed by atoms with Crippen LogP contribution in [0, 0.1) is 23.7 Å². The van der Waals surface area contributed by atoms with Crippen molar-refractivity contribution in [3.05, 3.63) is 29.6 Å². The van der Waals surface area contributed by atoms with Crippen LogP contribution in [0.1, 0.15) is 49.8 Å². The van der Waals surface area contributed by atoms with Gasteiger partial charge in [-0.2, -0.15) is 5.26 Å². The average Bonchev–Trinajstić information content (AvgIpc) is 2.72. The number of nitrogens with zero attached hydrogens (tertiary/aromatic N) is 2. The second-order valence-corrected chi connectivity index (χ2v) is 5.56. The molecule has 1 saturated carbocycles. The third kappa shape index (κ3) is 3.16. The van der Waals surface area contributed by atoms with Crippen molar-refractivity contribution >= 4 is 5.91 Å². The Morgan fingerprint density at radius 1 is 1.40 bits per heavy atom. The first-order valence-corrected chi connectivity index (χ1v) is 7.28. The zero-order chi connectivity index (χ0) is 14.4. The van der Waals surface area contributed by atoms with E-state index in [4.69, 9.17) is 0 Å². The van der Waals surface area contributed by atoms with Gasteiger partial charge in [0.15, 0.2) is 0 Å². The van der Waals surface area contributed by atoms with Crippen LogP contribution in [0.4, 0.5) is 0 Å². The van der Waals surface area contributed by atoms with E-state index in [1.807, 2.05) is 19.1 Å². The molecule has 1 aromatic heterocycles. The zero-order valence-corrected chi connectivity index (χ0v) is 12.0. The normalized spacial score (nSPS) is 17.8. The van der Waals surface area contributed by atoms with Crippen molar-refractivity contribution in [3.8, 4) is 6.07 Å². The quantitative estimate of drug-likeness (QED) is 0.860. The summed E-state index contributed by atoms with van der Waals surface area (Å²) < 4.78 is 0. The molecule has 1 N–H and O–H groups in total. The minimum Gasteiger partial charge on any atom is -0.349 e. The number of hydrogen-bond donors (Lipinski definition) is 1. The minimum absolute atomic E-state index is 0.132. The fourth-order valence-corrected chi connectivity index (χ4v) is 2.76. The predicted octanol–water partition coefficient (Wildman–Crippen LogP) is 2.87. The number of hydrogen-bond acceptors (Lipinski definition) is 3. The van der Waals surface area contributed by atoms with Gasteiger partial charge in [-0.25, -0.2) is 0 Å². The van der Waals surface area contributed by atoms with Crippen LogP contribution >= 0.6 is 0 Å². The monoisotopic (exact) mass is 271 g/mol. The standard InChI is InChI=1S/C16H21N3O/c1-13-7-6-10-18-14(13)11-19-15(20)16(12-17)8-4-2-3-5-9-16/h6-7,10H,2-5,8-9,11H2,1H3,(H,19,20). The fraction of sp³-hybridized carbons (Fsp3) is 0.562. The van der Waals surface area contributed by atoms with Crippen molar-refractivity contribution in [2.45, 2.75) is 52.0 Å². The topological polar surface area (TPSA) is 65.8 Å². The summed E-state index contributed by atoms with van der Waals surface area (Å²) in [6.07, 6.45) is 7.24. The van der Waals surface area contributed by atoms with E-state index in [1.165, 1.54) is 0 Å². The van der Waals surface area contributed by atoms with Gasteiger partial charge in [0.1, 0.15) is 5.41 Å². The molecule has 1 aromatic rings. The van der Waals surface area contributed by atoms with E-state index >= 15 is 0 Å². The number of carbonyl (C=O) groups is 1. The molecule has 2 rings (SSSR count). The van der Waals surface area contributed by atoms with Crippen LogP contribution < -0.4 is 5.32 Å². The van der Waals surface area contributed by atoms with Gasteiger partial charge in [-0.1, -0.05) is 31.7 Å². The number of pyridine rings is 1. The van der Waals surface area contributed by atoms with Gasteiger partial charge in [0.25, 0.3) is 0 Å². The van der Waals surface area contributed by atoms with Crippen LogP contribution in [0.3, 0.4) is 0 Å². The largest absolute Gasteiger partial charge is 0.349 e. The highest BCUT2D eigenvalue weighted by Gasteiger charge is 2.38. The molecule has 0 saturated heterocycles. The van der Waals surface area contributed by atoms with Gasteiger partial charge in [0.05, 0.1) is 18.3 Å². The van der Waals surface area contributed by atoms with Gasteiger partial charge in [-0.15, -0.1) is 0 Å². The maximum atomic E-state index is 12.4. The molecular formula is C16H21N3O. The van der Waals surface area contributed by atoms with Crippen LogP contribution in [0.25, 0.3) is 0 Å². The lowest BCUT2D eigenvalue weighted by atomic mass is 9.81.